The van der Waals surface area contributed by atoms with Gasteiger partial charge in [-0.1, -0.05) is 24.3 Å². The van der Waals surface area contributed by atoms with E-state index in [0.717, 1.165) is 5.39 Å². The maximum Gasteiger partial charge on any atom is 0.250 e. The third-order valence-corrected chi connectivity index (χ3v) is 4.30. The predicted octanol–water partition coefficient (Wildman–Crippen LogP) is 2.57. The second-order valence-corrected chi connectivity index (χ2v) is 6.02. The van der Waals surface area contributed by atoms with Crippen LogP contribution in [0, 0.1) is 0 Å². The van der Waals surface area contributed by atoms with Crippen LogP contribution < -0.4 is 9.80 Å². The molecule has 0 aliphatic rings. The minimum Gasteiger partial charge on any atom is -0.314 e. The maximum absolute atomic E-state index is 12.8. The van der Waals surface area contributed by atoms with Crippen molar-refractivity contribution in [2.45, 2.75) is 0 Å². The highest BCUT2D eigenvalue weighted by molar-refractivity contribution is 6.08. The fourth-order valence-corrected chi connectivity index (χ4v) is 2.85. The largest absolute Gasteiger partial charge is 0.314 e. The first-order valence-electron chi connectivity index (χ1n) is 8.61. The lowest BCUT2D eigenvalue weighted by Crippen LogP contribution is -2.42. The van der Waals surface area contributed by atoms with Crippen LogP contribution in [-0.4, -0.2) is 43.0 Å². The first kappa shape index (κ1) is 18.9. The van der Waals surface area contributed by atoms with Gasteiger partial charge in [0.25, 0.3) is 0 Å². The van der Waals surface area contributed by atoms with Gasteiger partial charge >= 0.3 is 0 Å². The highest BCUT2D eigenvalue weighted by atomic mass is 16.2. The molecule has 1 aromatic heterocycles. The summed E-state index contributed by atoms with van der Waals surface area (Å²) in [6.45, 7) is -0.588. The molecule has 0 spiro atoms. The van der Waals surface area contributed by atoms with Gasteiger partial charge in [-0.05, 0) is 36.4 Å². The molecule has 2 amide bonds. The molecule has 28 heavy (non-hydrogen) atoms. The monoisotopic (exact) mass is 374 g/mol. The fraction of sp³-hybridized carbons (Fsp3) is 0.143. The zero-order valence-electron chi connectivity index (χ0n) is 15.3. The zero-order chi connectivity index (χ0) is 19.9. The minimum atomic E-state index is -0.477. The Morgan fingerprint density at radius 2 is 1.79 bits per heavy atom. The highest BCUT2D eigenvalue weighted by Gasteiger charge is 2.23. The molecule has 0 aliphatic heterocycles. The molecule has 0 bridgehead atoms. The molecule has 7 nitrogen and oxygen atoms in total. The molecule has 0 aliphatic carbocycles. The van der Waals surface area contributed by atoms with Crippen LogP contribution in [0.1, 0.15) is 0 Å². The van der Waals surface area contributed by atoms with Crippen LogP contribution in [0.4, 0.5) is 11.4 Å². The van der Waals surface area contributed by atoms with Gasteiger partial charge in [-0.25, -0.2) is 4.79 Å². The Morgan fingerprint density at radius 3 is 2.54 bits per heavy atom. The van der Waals surface area contributed by atoms with Crippen LogP contribution >= 0.6 is 0 Å². The van der Waals surface area contributed by atoms with Crippen molar-refractivity contribution in [1.82, 2.24) is 4.98 Å². The molecular weight excluding hydrogens is 356 g/mol. The van der Waals surface area contributed by atoms with Crippen molar-refractivity contribution in [3.8, 4) is 0 Å². The van der Waals surface area contributed by atoms with E-state index in [9.17, 15) is 14.4 Å². The van der Waals surface area contributed by atoms with Gasteiger partial charge in [0.15, 0.2) is 0 Å². The number of carbonyl (C=O) groups is 2. The number of hydrogen-bond donors (Lipinski definition) is 0. The van der Waals surface area contributed by atoms with E-state index in [1.54, 1.807) is 31.4 Å². The van der Waals surface area contributed by atoms with E-state index in [1.807, 2.05) is 42.5 Å². The van der Waals surface area contributed by atoms with Gasteiger partial charge in [-0.3, -0.25) is 14.6 Å². The number of rotatable bonds is 6. The number of benzene rings is 2. The molecule has 0 saturated heterocycles. The van der Waals surface area contributed by atoms with Crippen molar-refractivity contribution in [1.29, 1.82) is 0 Å². The summed E-state index contributed by atoms with van der Waals surface area (Å²) in [4.78, 5) is 46.5. The van der Waals surface area contributed by atoms with Crippen LogP contribution in [0.3, 0.4) is 0 Å². The van der Waals surface area contributed by atoms with Crippen LogP contribution in [0.15, 0.2) is 71.9 Å². The van der Waals surface area contributed by atoms with E-state index in [1.165, 1.54) is 15.9 Å². The summed E-state index contributed by atoms with van der Waals surface area (Å²) in [5.74, 6) is -0.759. The Kier molecular flexibility index (Phi) is 5.89. The van der Waals surface area contributed by atoms with Crippen molar-refractivity contribution in [2.75, 3.05) is 29.9 Å². The molecule has 0 radical (unpaired) electrons. The lowest BCUT2D eigenvalue weighted by Gasteiger charge is -2.26. The van der Waals surface area contributed by atoms with Gasteiger partial charge in [-0.15, -0.1) is 0 Å². The molecule has 0 fully saturated rings. The predicted molar refractivity (Wildman–Crippen MR) is 107 cm³/mol. The van der Waals surface area contributed by atoms with Crippen molar-refractivity contribution >= 4 is 40.2 Å². The summed E-state index contributed by atoms with van der Waals surface area (Å²) >= 11 is 0. The molecule has 7 heteroatoms. The zero-order valence-corrected chi connectivity index (χ0v) is 15.3. The smallest absolute Gasteiger partial charge is 0.250 e. The molecule has 0 saturated carbocycles. The number of hydrogen-bond acceptors (Lipinski definition) is 5. The van der Waals surface area contributed by atoms with Gasteiger partial charge in [0, 0.05) is 24.3 Å². The lowest BCUT2D eigenvalue weighted by atomic mass is 10.1. The number of pyridine rings is 1. The number of nitrogens with zero attached hydrogens (tertiary/aromatic N) is 4. The summed E-state index contributed by atoms with van der Waals surface area (Å²) < 4.78 is 0. The van der Waals surface area contributed by atoms with E-state index in [4.69, 9.17) is 0 Å². The van der Waals surface area contributed by atoms with E-state index in [-0.39, 0.29) is 19.0 Å². The molecule has 1 heterocycles. The summed E-state index contributed by atoms with van der Waals surface area (Å²) in [5, 5.41) is 0.726. The van der Waals surface area contributed by atoms with Crippen LogP contribution in [0.5, 0.6) is 0 Å². The second kappa shape index (κ2) is 8.70. The van der Waals surface area contributed by atoms with Crippen molar-refractivity contribution in [2.24, 2.45) is 4.99 Å². The van der Waals surface area contributed by atoms with Crippen LogP contribution in [0.2, 0.25) is 0 Å². The Hall–Kier alpha value is -3.83. The van der Waals surface area contributed by atoms with Gasteiger partial charge in [0.1, 0.15) is 13.1 Å². The number of carbonyl (C=O) groups excluding carboxylic acids is 3. The minimum absolute atomic E-state index is 0.202. The Balaban J connectivity index is 1.96. The average molecular weight is 374 g/mol. The van der Waals surface area contributed by atoms with E-state index in [0.29, 0.717) is 16.9 Å². The van der Waals surface area contributed by atoms with Gasteiger partial charge < -0.3 is 9.80 Å². The topological polar surface area (TPSA) is 82.9 Å². The van der Waals surface area contributed by atoms with E-state index in [2.05, 4.69) is 9.98 Å². The number of isocyanates is 1. The molecular formula is C21H18N4O3. The summed E-state index contributed by atoms with van der Waals surface area (Å²) in [5.41, 5.74) is 1.94. The number of para-hydroxylation sites is 1. The molecule has 3 rings (SSSR count). The summed E-state index contributed by atoms with van der Waals surface area (Å²) in [6, 6.07) is 18.0. The van der Waals surface area contributed by atoms with Gasteiger partial charge in [0.05, 0.1) is 11.2 Å². The second-order valence-electron chi connectivity index (χ2n) is 6.02. The van der Waals surface area contributed by atoms with Crippen molar-refractivity contribution in [3.05, 3.63) is 66.9 Å². The molecule has 140 valence electrons. The number of fused-ring (bicyclic) bond motifs is 1. The first-order chi connectivity index (χ1) is 13.6. The van der Waals surface area contributed by atoms with Crippen molar-refractivity contribution < 1.29 is 14.4 Å². The lowest BCUT2D eigenvalue weighted by molar-refractivity contribution is -0.121. The van der Waals surface area contributed by atoms with Crippen LogP contribution in [-0.2, 0) is 14.4 Å². The number of aromatic nitrogens is 1. The van der Waals surface area contributed by atoms with Crippen LogP contribution in [0.25, 0.3) is 10.9 Å². The number of likely N-dealkylation sites (N-methyl/N-ethyl adjacent to an activating group) is 1. The fourth-order valence-electron chi connectivity index (χ4n) is 2.85. The maximum atomic E-state index is 12.8. The van der Waals surface area contributed by atoms with Gasteiger partial charge in [0.2, 0.25) is 17.9 Å². The average Bonchev–Trinajstić information content (AvgIpc) is 2.75. The Bertz CT molecular complexity index is 1040. The standard InChI is InChI=1S/C21H18N4O3/c1-24(16-7-3-2-4-8-16)21(28)14-25(20(27)13-22-15-26)19-11-5-10-18-17(19)9-6-12-23-18/h2-12H,13-14H2,1H3. The first-order valence-corrected chi connectivity index (χ1v) is 8.61. The van der Waals surface area contributed by atoms with Gasteiger partial charge in [-0.2, -0.15) is 4.99 Å². The molecule has 0 atom stereocenters. The summed E-state index contributed by atoms with van der Waals surface area (Å²) in [6.07, 6.45) is 3.02. The number of aliphatic imine (C=N–C) groups is 1. The summed E-state index contributed by atoms with van der Waals surface area (Å²) in [7, 11) is 1.65. The molecule has 0 unspecified atom stereocenters. The molecule has 2 aromatic carbocycles. The molecule has 0 N–H and O–H groups in total. The highest BCUT2D eigenvalue weighted by Crippen LogP contribution is 2.26. The van der Waals surface area contributed by atoms with E-state index >= 15 is 0 Å². The number of anilines is 2. The molecule has 3 aromatic rings. The SMILES string of the molecule is CN(C(=O)CN(C(=O)CN=C=O)c1cccc2ncccc12)c1ccccc1. The quantitative estimate of drug-likeness (QED) is 0.490. The third-order valence-electron chi connectivity index (χ3n) is 4.30. The Morgan fingerprint density at radius 1 is 1.00 bits per heavy atom. The van der Waals surface area contributed by atoms with E-state index < -0.39 is 5.91 Å². The number of amides is 2. The Labute approximate surface area is 161 Å². The normalized spacial score (nSPS) is 10.2. The van der Waals surface area contributed by atoms with Crippen molar-refractivity contribution in [3.63, 3.8) is 0 Å². The third kappa shape index (κ3) is 4.11.